The molecule has 1 aromatic carbocycles. The number of rotatable bonds is 5. The molecular weight excluding hydrogens is 336 g/mol. The number of hydrogen-bond acceptors (Lipinski definition) is 5. The molecule has 0 spiro atoms. The molecule has 0 radical (unpaired) electrons. The molecule has 126 valence electrons. The first-order valence-electron chi connectivity index (χ1n) is 7.95. The van der Waals surface area contributed by atoms with E-state index in [-0.39, 0.29) is 5.56 Å². The molecule has 0 saturated carbocycles. The first-order valence-corrected chi connectivity index (χ1v) is 8.94. The standard InChI is InChI=1S/C18H16N4O2S/c1-2-24-13-6-7-14-15(10-13)21-18(20-14)25-11-12-9-17(23)22-8-4-3-5-16(22)19-12/h3-10H,2,11H2,1H3,(H,20,21). The molecule has 3 heterocycles. The van der Waals surface area contributed by atoms with E-state index in [1.54, 1.807) is 12.3 Å². The van der Waals surface area contributed by atoms with Gasteiger partial charge in [-0.1, -0.05) is 17.8 Å². The van der Waals surface area contributed by atoms with Crippen LogP contribution in [0, 0.1) is 0 Å². The fraction of sp³-hybridized carbons (Fsp3) is 0.167. The van der Waals surface area contributed by atoms with Gasteiger partial charge in [-0.3, -0.25) is 9.20 Å². The Bertz CT molecular complexity index is 1100. The fourth-order valence-corrected chi connectivity index (χ4v) is 3.39. The third kappa shape index (κ3) is 3.23. The molecule has 0 atom stereocenters. The van der Waals surface area contributed by atoms with Gasteiger partial charge in [-0.15, -0.1) is 0 Å². The van der Waals surface area contributed by atoms with Gasteiger partial charge < -0.3 is 9.72 Å². The second kappa shape index (κ2) is 6.60. The minimum absolute atomic E-state index is 0.0767. The van der Waals surface area contributed by atoms with Crippen molar-refractivity contribution in [3.63, 3.8) is 0 Å². The van der Waals surface area contributed by atoms with Gasteiger partial charge >= 0.3 is 0 Å². The number of H-pyrrole nitrogens is 1. The maximum absolute atomic E-state index is 12.1. The number of aromatic amines is 1. The normalized spacial score (nSPS) is 11.2. The van der Waals surface area contributed by atoms with Gasteiger partial charge in [0.1, 0.15) is 11.4 Å². The lowest BCUT2D eigenvalue weighted by molar-refractivity contribution is 0.340. The van der Waals surface area contributed by atoms with Crippen LogP contribution in [0.25, 0.3) is 16.7 Å². The van der Waals surface area contributed by atoms with Crippen molar-refractivity contribution in [1.82, 2.24) is 19.4 Å². The van der Waals surface area contributed by atoms with E-state index in [9.17, 15) is 4.79 Å². The summed E-state index contributed by atoms with van der Waals surface area (Å²) < 4.78 is 7.04. The predicted octanol–water partition coefficient (Wildman–Crippen LogP) is 3.26. The SMILES string of the molecule is CCOc1ccc2nc(SCc3cc(=O)n4ccccc4n3)[nH]c2c1. The topological polar surface area (TPSA) is 72.3 Å². The van der Waals surface area contributed by atoms with Crippen LogP contribution in [0.2, 0.25) is 0 Å². The van der Waals surface area contributed by atoms with Gasteiger partial charge in [0.15, 0.2) is 5.16 Å². The summed E-state index contributed by atoms with van der Waals surface area (Å²) in [5.41, 5.74) is 3.12. The summed E-state index contributed by atoms with van der Waals surface area (Å²) in [5.74, 6) is 1.39. The molecule has 25 heavy (non-hydrogen) atoms. The summed E-state index contributed by atoms with van der Waals surface area (Å²) >= 11 is 1.52. The maximum atomic E-state index is 12.1. The van der Waals surface area contributed by atoms with Crippen molar-refractivity contribution in [3.8, 4) is 5.75 Å². The molecule has 7 heteroatoms. The second-order valence-electron chi connectivity index (χ2n) is 5.46. The van der Waals surface area contributed by atoms with Crippen molar-refractivity contribution in [3.05, 3.63) is 64.7 Å². The minimum Gasteiger partial charge on any atom is -0.494 e. The summed E-state index contributed by atoms with van der Waals surface area (Å²) in [7, 11) is 0. The van der Waals surface area contributed by atoms with E-state index in [2.05, 4.69) is 15.0 Å². The monoisotopic (exact) mass is 352 g/mol. The van der Waals surface area contributed by atoms with Crippen molar-refractivity contribution in [2.75, 3.05) is 6.61 Å². The number of fused-ring (bicyclic) bond motifs is 2. The van der Waals surface area contributed by atoms with Gasteiger partial charge in [0.05, 0.1) is 23.3 Å². The maximum Gasteiger partial charge on any atom is 0.258 e. The Hall–Kier alpha value is -2.80. The average molecular weight is 352 g/mol. The molecule has 0 aliphatic carbocycles. The molecule has 0 bridgehead atoms. The third-order valence-corrected chi connectivity index (χ3v) is 4.63. The first-order chi connectivity index (χ1) is 12.2. The van der Waals surface area contributed by atoms with Crippen molar-refractivity contribution >= 4 is 28.4 Å². The number of pyridine rings is 1. The summed E-state index contributed by atoms with van der Waals surface area (Å²) in [6.07, 6.45) is 1.72. The van der Waals surface area contributed by atoms with Crippen LogP contribution in [0.3, 0.4) is 0 Å². The van der Waals surface area contributed by atoms with Gasteiger partial charge in [0.25, 0.3) is 5.56 Å². The summed E-state index contributed by atoms with van der Waals surface area (Å²) in [4.78, 5) is 24.5. The van der Waals surface area contributed by atoms with E-state index in [1.165, 1.54) is 16.2 Å². The molecule has 0 aliphatic rings. The Morgan fingerprint density at radius 1 is 1.20 bits per heavy atom. The zero-order valence-corrected chi connectivity index (χ0v) is 14.4. The molecule has 4 rings (SSSR count). The van der Waals surface area contributed by atoms with Crippen molar-refractivity contribution in [1.29, 1.82) is 0 Å². The van der Waals surface area contributed by atoms with Gasteiger partial charge in [-0.25, -0.2) is 9.97 Å². The lowest BCUT2D eigenvalue weighted by Gasteiger charge is -2.02. The highest BCUT2D eigenvalue weighted by atomic mass is 32.2. The van der Waals surface area contributed by atoms with E-state index >= 15 is 0 Å². The number of benzene rings is 1. The third-order valence-electron chi connectivity index (χ3n) is 3.72. The molecule has 0 amide bonds. The minimum atomic E-state index is -0.0767. The molecule has 0 aliphatic heterocycles. The second-order valence-corrected chi connectivity index (χ2v) is 6.42. The van der Waals surface area contributed by atoms with E-state index in [1.807, 2.05) is 43.3 Å². The number of nitrogens with one attached hydrogen (secondary N) is 1. The van der Waals surface area contributed by atoms with E-state index in [0.717, 1.165) is 27.6 Å². The van der Waals surface area contributed by atoms with Crippen LogP contribution in [-0.2, 0) is 5.75 Å². The smallest absolute Gasteiger partial charge is 0.258 e. The van der Waals surface area contributed by atoms with Crippen LogP contribution in [0.5, 0.6) is 5.75 Å². The lowest BCUT2D eigenvalue weighted by Crippen LogP contribution is -2.14. The molecule has 0 saturated heterocycles. The molecule has 0 unspecified atom stereocenters. The number of imidazole rings is 1. The lowest BCUT2D eigenvalue weighted by atomic mass is 10.3. The van der Waals surface area contributed by atoms with Crippen LogP contribution in [-0.4, -0.2) is 26.0 Å². The Kier molecular flexibility index (Phi) is 4.15. The number of nitrogens with zero attached hydrogens (tertiary/aromatic N) is 3. The zero-order chi connectivity index (χ0) is 17.2. The van der Waals surface area contributed by atoms with Crippen molar-refractivity contribution in [2.24, 2.45) is 0 Å². The summed E-state index contributed by atoms with van der Waals surface area (Å²) in [6, 6.07) is 12.9. The molecular formula is C18H16N4O2S. The molecule has 0 fully saturated rings. The summed E-state index contributed by atoms with van der Waals surface area (Å²) in [6.45, 7) is 2.59. The highest BCUT2D eigenvalue weighted by Gasteiger charge is 2.07. The highest BCUT2D eigenvalue weighted by molar-refractivity contribution is 7.98. The first kappa shape index (κ1) is 15.7. The van der Waals surface area contributed by atoms with Gasteiger partial charge in [-0.05, 0) is 31.2 Å². The Morgan fingerprint density at radius 2 is 2.12 bits per heavy atom. The zero-order valence-electron chi connectivity index (χ0n) is 13.6. The van der Waals surface area contributed by atoms with Crippen molar-refractivity contribution < 1.29 is 4.74 Å². The van der Waals surface area contributed by atoms with Gasteiger partial charge in [-0.2, -0.15) is 0 Å². The van der Waals surface area contributed by atoms with Crippen molar-refractivity contribution in [2.45, 2.75) is 17.8 Å². The number of thioether (sulfide) groups is 1. The van der Waals surface area contributed by atoms with Gasteiger partial charge in [0.2, 0.25) is 0 Å². The van der Waals surface area contributed by atoms with Gasteiger partial charge in [0, 0.05) is 24.1 Å². The predicted molar refractivity (Wildman–Crippen MR) is 98.3 cm³/mol. The van der Waals surface area contributed by atoms with Crippen LogP contribution in [0.15, 0.2) is 58.6 Å². The Morgan fingerprint density at radius 3 is 3.00 bits per heavy atom. The van der Waals surface area contributed by atoms with Crippen LogP contribution in [0.4, 0.5) is 0 Å². The number of hydrogen-bond donors (Lipinski definition) is 1. The Labute approximate surface area is 147 Å². The fourth-order valence-electron chi connectivity index (χ4n) is 2.61. The van der Waals surface area contributed by atoms with E-state index < -0.39 is 0 Å². The number of aromatic nitrogens is 4. The van der Waals surface area contributed by atoms with Crippen LogP contribution < -0.4 is 10.3 Å². The quantitative estimate of drug-likeness (QED) is 0.558. The average Bonchev–Trinajstić information content (AvgIpc) is 3.02. The van der Waals surface area contributed by atoms with E-state index in [4.69, 9.17) is 4.74 Å². The molecule has 4 aromatic rings. The van der Waals surface area contributed by atoms with E-state index in [0.29, 0.717) is 18.0 Å². The summed E-state index contributed by atoms with van der Waals surface area (Å²) in [5, 5.41) is 0.790. The Balaban J connectivity index is 1.56. The van der Waals surface area contributed by atoms with Crippen LogP contribution in [0.1, 0.15) is 12.6 Å². The molecule has 3 aromatic heterocycles. The highest BCUT2D eigenvalue weighted by Crippen LogP contribution is 2.25. The molecule has 1 N–H and O–H groups in total. The van der Waals surface area contributed by atoms with Crippen LogP contribution >= 0.6 is 11.8 Å². The largest absolute Gasteiger partial charge is 0.494 e. The molecule has 6 nitrogen and oxygen atoms in total. The number of ether oxygens (including phenoxy) is 1.